The Hall–Kier alpha value is -2.18. The molecule has 0 spiro atoms. The Balaban J connectivity index is 2.83. The summed E-state index contributed by atoms with van der Waals surface area (Å²) < 4.78 is 31.9. The molecule has 5 nitrogen and oxygen atoms in total. The molecule has 0 saturated carbocycles. The van der Waals surface area contributed by atoms with Crippen LogP contribution in [0.3, 0.4) is 0 Å². The lowest BCUT2D eigenvalue weighted by Crippen LogP contribution is -2.24. The SMILES string of the molecule is CCCCOc1cc(C=NNC(N)=O)cc(F)c1F. The lowest BCUT2D eigenvalue weighted by atomic mass is 10.2. The molecule has 7 heteroatoms. The lowest BCUT2D eigenvalue weighted by Gasteiger charge is -2.08. The number of nitrogens with one attached hydrogen (secondary N) is 1. The van der Waals surface area contributed by atoms with E-state index in [1.54, 1.807) is 0 Å². The molecule has 0 heterocycles. The minimum atomic E-state index is -1.05. The van der Waals surface area contributed by atoms with E-state index in [9.17, 15) is 13.6 Å². The fraction of sp³-hybridized carbons (Fsp3) is 0.333. The van der Waals surface area contributed by atoms with E-state index >= 15 is 0 Å². The molecule has 0 saturated heterocycles. The second kappa shape index (κ2) is 7.30. The summed E-state index contributed by atoms with van der Waals surface area (Å²) in [7, 11) is 0. The van der Waals surface area contributed by atoms with Gasteiger partial charge >= 0.3 is 6.03 Å². The molecule has 0 radical (unpaired) electrons. The number of urea groups is 1. The Morgan fingerprint density at radius 1 is 1.53 bits per heavy atom. The van der Waals surface area contributed by atoms with Crippen LogP contribution in [0.5, 0.6) is 5.75 Å². The van der Waals surface area contributed by atoms with E-state index in [0.717, 1.165) is 25.1 Å². The number of benzene rings is 1. The fourth-order valence-corrected chi connectivity index (χ4v) is 1.26. The first-order valence-electron chi connectivity index (χ1n) is 5.75. The monoisotopic (exact) mass is 271 g/mol. The molecule has 0 atom stereocenters. The molecule has 19 heavy (non-hydrogen) atoms. The van der Waals surface area contributed by atoms with Crippen LogP contribution >= 0.6 is 0 Å². The third-order valence-corrected chi connectivity index (χ3v) is 2.16. The summed E-state index contributed by atoms with van der Waals surface area (Å²) in [5.41, 5.74) is 7.00. The Kier molecular flexibility index (Phi) is 5.72. The number of nitrogens with zero attached hydrogens (tertiary/aromatic N) is 1. The van der Waals surface area contributed by atoms with E-state index in [0.29, 0.717) is 6.61 Å². The van der Waals surface area contributed by atoms with Gasteiger partial charge in [-0.25, -0.2) is 14.6 Å². The molecule has 1 rings (SSSR count). The van der Waals surface area contributed by atoms with Crippen molar-refractivity contribution in [3.05, 3.63) is 29.3 Å². The van der Waals surface area contributed by atoms with Crippen LogP contribution in [0.4, 0.5) is 13.6 Å². The molecular weight excluding hydrogens is 256 g/mol. The van der Waals surface area contributed by atoms with Crippen LogP contribution in [0.25, 0.3) is 0 Å². The number of hydrogen-bond donors (Lipinski definition) is 2. The number of hydrogen-bond acceptors (Lipinski definition) is 3. The largest absolute Gasteiger partial charge is 0.490 e. The van der Waals surface area contributed by atoms with Crippen molar-refractivity contribution >= 4 is 12.2 Å². The van der Waals surface area contributed by atoms with Gasteiger partial charge in [-0.15, -0.1) is 0 Å². The third kappa shape index (κ3) is 4.90. The van der Waals surface area contributed by atoms with Crippen LogP contribution in [0.15, 0.2) is 17.2 Å². The van der Waals surface area contributed by atoms with Gasteiger partial charge in [0.25, 0.3) is 0 Å². The van der Waals surface area contributed by atoms with Crippen LogP contribution in [-0.2, 0) is 0 Å². The van der Waals surface area contributed by atoms with Crippen molar-refractivity contribution in [3.63, 3.8) is 0 Å². The number of nitrogens with two attached hydrogens (primary N) is 1. The summed E-state index contributed by atoms with van der Waals surface area (Å²) >= 11 is 0. The van der Waals surface area contributed by atoms with Crippen molar-refractivity contribution in [2.45, 2.75) is 19.8 Å². The molecule has 0 fully saturated rings. The number of amides is 2. The van der Waals surface area contributed by atoms with Gasteiger partial charge in [0.15, 0.2) is 11.6 Å². The average molecular weight is 271 g/mol. The molecule has 1 aromatic rings. The molecule has 104 valence electrons. The van der Waals surface area contributed by atoms with Crippen LogP contribution < -0.4 is 15.9 Å². The molecule has 0 aliphatic rings. The predicted molar refractivity (Wildman–Crippen MR) is 67.1 cm³/mol. The lowest BCUT2D eigenvalue weighted by molar-refractivity contribution is 0.249. The number of hydrazone groups is 1. The molecule has 0 bridgehead atoms. The van der Waals surface area contributed by atoms with E-state index in [-0.39, 0.29) is 11.3 Å². The van der Waals surface area contributed by atoms with E-state index in [1.165, 1.54) is 6.07 Å². The zero-order valence-corrected chi connectivity index (χ0v) is 10.5. The van der Waals surface area contributed by atoms with Gasteiger partial charge in [-0.3, -0.25) is 0 Å². The summed E-state index contributed by atoms with van der Waals surface area (Å²) in [6.45, 7) is 2.26. The number of carbonyl (C=O) groups is 1. The number of rotatable bonds is 6. The van der Waals surface area contributed by atoms with Crippen LogP contribution in [0, 0.1) is 11.6 Å². The maximum atomic E-state index is 13.4. The van der Waals surface area contributed by atoms with E-state index in [4.69, 9.17) is 10.5 Å². The predicted octanol–water partition coefficient (Wildman–Crippen LogP) is 2.15. The number of unbranched alkanes of at least 4 members (excludes halogenated alkanes) is 1. The van der Waals surface area contributed by atoms with Gasteiger partial charge in [0.1, 0.15) is 0 Å². The van der Waals surface area contributed by atoms with Gasteiger partial charge in [-0.1, -0.05) is 13.3 Å². The van der Waals surface area contributed by atoms with Crippen molar-refractivity contribution in [3.8, 4) is 5.75 Å². The third-order valence-electron chi connectivity index (χ3n) is 2.16. The maximum Gasteiger partial charge on any atom is 0.332 e. The summed E-state index contributed by atoms with van der Waals surface area (Å²) in [6, 6.07) is 1.38. The molecule has 0 aliphatic heterocycles. The normalized spacial score (nSPS) is 10.7. The highest BCUT2D eigenvalue weighted by Crippen LogP contribution is 2.21. The van der Waals surface area contributed by atoms with E-state index in [1.807, 2.05) is 12.3 Å². The number of carbonyl (C=O) groups excluding carboxylic acids is 1. The van der Waals surface area contributed by atoms with Crippen molar-refractivity contribution in [1.82, 2.24) is 5.43 Å². The standard InChI is InChI=1S/C12H15F2N3O2/c1-2-3-4-19-10-6-8(5-9(13)11(10)14)7-16-17-12(15)18/h5-7H,2-4H2,1H3,(H3,15,17,18). The van der Waals surface area contributed by atoms with Crippen molar-refractivity contribution in [1.29, 1.82) is 0 Å². The smallest absolute Gasteiger partial charge is 0.332 e. The minimum absolute atomic E-state index is 0.186. The molecule has 1 aromatic carbocycles. The summed E-state index contributed by atoms with van der Waals surface area (Å²) in [5, 5.41) is 3.46. The number of ether oxygens (including phenoxy) is 1. The second-order valence-corrected chi connectivity index (χ2v) is 3.75. The van der Waals surface area contributed by atoms with Crippen LogP contribution in [0.1, 0.15) is 25.3 Å². The summed E-state index contributed by atoms with van der Waals surface area (Å²) in [4.78, 5) is 10.4. The van der Waals surface area contributed by atoms with Gasteiger partial charge in [-0.05, 0) is 18.6 Å². The van der Waals surface area contributed by atoms with Gasteiger partial charge in [-0.2, -0.15) is 9.49 Å². The van der Waals surface area contributed by atoms with E-state index in [2.05, 4.69) is 5.10 Å². The highest BCUT2D eigenvalue weighted by atomic mass is 19.2. The Labute approximate surface area is 109 Å². The zero-order chi connectivity index (χ0) is 14.3. The number of primary amides is 1. The molecule has 2 amide bonds. The van der Waals surface area contributed by atoms with Gasteiger partial charge < -0.3 is 10.5 Å². The topological polar surface area (TPSA) is 76.7 Å². The first kappa shape index (κ1) is 14.9. The van der Waals surface area contributed by atoms with Gasteiger partial charge in [0.2, 0.25) is 5.82 Å². The van der Waals surface area contributed by atoms with Crippen LogP contribution in [0.2, 0.25) is 0 Å². The fourth-order valence-electron chi connectivity index (χ4n) is 1.26. The molecule has 0 unspecified atom stereocenters. The maximum absolute atomic E-state index is 13.4. The number of halogens is 2. The average Bonchev–Trinajstić information content (AvgIpc) is 2.34. The molecule has 3 N–H and O–H groups in total. The Morgan fingerprint density at radius 2 is 2.26 bits per heavy atom. The molecule has 0 aliphatic carbocycles. The van der Waals surface area contributed by atoms with Crippen molar-refractivity contribution in [2.75, 3.05) is 6.61 Å². The second-order valence-electron chi connectivity index (χ2n) is 3.75. The zero-order valence-electron chi connectivity index (χ0n) is 10.5. The van der Waals surface area contributed by atoms with Crippen molar-refractivity contribution in [2.24, 2.45) is 10.8 Å². The Bertz CT molecular complexity index is 478. The molecular formula is C12H15F2N3O2. The van der Waals surface area contributed by atoms with E-state index < -0.39 is 17.7 Å². The Morgan fingerprint density at radius 3 is 2.89 bits per heavy atom. The summed E-state index contributed by atoms with van der Waals surface area (Å²) in [5.74, 6) is -2.28. The minimum Gasteiger partial charge on any atom is -0.490 e. The highest BCUT2D eigenvalue weighted by molar-refractivity contribution is 5.82. The van der Waals surface area contributed by atoms with Crippen molar-refractivity contribution < 1.29 is 18.3 Å². The highest BCUT2D eigenvalue weighted by Gasteiger charge is 2.11. The van der Waals surface area contributed by atoms with Gasteiger partial charge in [0, 0.05) is 5.56 Å². The molecule has 0 aromatic heterocycles. The van der Waals surface area contributed by atoms with Gasteiger partial charge in [0.05, 0.1) is 12.8 Å². The quantitative estimate of drug-likeness (QED) is 0.472. The van der Waals surface area contributed by atoms with Crippen LogP contribution in [-0.4, -0.2) is 18.9 Å². The first-order valence-corrected chi connectivity index (χ1v) is 5.75. The first-order chi connectivity index (χ1) is 9.04. The summed E-state index contributed by atoms with van der Waals surface area (Å²) in [6.07, 6.45) is 2.76.